The molecule has 1 unspecified atom stereocenters. The highest BCUT2D eigenvalue weighted by atomic mass is 79.9. The zero-order chi connectivity index (χ0) is 10.1. The van der Waals surface area contributed by atoms with E-state index in [1.165, 1.54) is 11.5 Å². The summed E-state index contributed by atoms with van der Waals surface area (Å²) in [6, 6.07) is 0. The summed E-state index contributed by atoms with van der Waals surface area (Å²) in [6.45, 7) is 3.43. The second-order valence-corrected chi connectivity index (χ2v) is 5.37. The maximum Gasteiger partial charge on any atom is 0.267 e. The Morgan fingerprint density at radius 3 is 3.00 bits per heavy atom. The highest BCUT2D eigenvalue weighted by Gasteiger charge is 2.27. The van der Waals surface area contributed by atoms with Crippen LogP contribution >= 0.6 is 27.5 Å². The molecule has 6 heteroatoms. The molecule has 1 aromatic heterocycles. The van der Waals surface area contributed by atoms with E-state index in [0.717, 1.165) is 25.2 Å². The molecule has 1 fully saturated rings. The van der Waals surface area contributed by atoms with Crippen LogP contribution in [-0.4, -0.2) is 38.3 Å². The zero-order valence-electron chi connectivity index (χ0n) is 7.73. The molecule has 1 aliphatic heterocycles. The number of likely N-dealkylation sites (tertiary alicyclic amines) is 1. The van der Waals surface area contributed by atoms with E-state index in [4.69, 9.17) is 0 Å². The van der Waals surface area contributed by atoms with E-state index in [0.29, 0.717) is 9.70 Å². The summed E-state index contributed by atoms with van der Waals surface area (Å²) in [6.07, 6.45) is 1.02. The zero-order valence-corrected chi connectivity index (χ0v) is 10.1. The van der Waals surface area contributed by atoms with Gasteiger partial charge in [-0.25, -0.2) is 0 Å². The second-order valence-electron chi connectivity index (χ2n) is 3.32. The van der Waals surface area contributed by atoms with Crippen molar-refractivity contribution in [1.82, 2.24) is 14.5 Å². The van der Waals surface area contributed by atoms with Gasteiger partial charge < -0.3 is 4.90 Å². The van der Waals surface area contributed by atoms with E-state index in [-0.39, 0.29) is 5.91 Å². The minimum Gasteiger partial charge on any atom is -0.337 e. The number of hydrogen-bond acceptors (Lipinski definition) is 4. The molecular formula is C8H10BrN3OS. The topological polar surface area (TPSA) is 46.1 Å². The van der Waals surface area contributed by atoms with Crippen molar-refractivity contribution in [3.8, 4) is 0 Å². The molecule has 4 nitrogen and oxygen atoms in total. The smallest absolute Gasteiger partial charge is 0.267 e. The predicted octanol–water partition coefficient (Wildman–Crippen LogP) is 1.46. The normalized spacial score (nSPS) is 21.6. The third-order valence-corrected chi connectivity index (χ3v) is 3.83. The lowest BCUT2D eigenvalue weighted by molar-refractivity contribution is 0.0797. The van der Waals surface area contributed by atoms with Crippen LogP contribution in [-0.2, 0) is 0 Å². The number of alkyl halides is 1. The molecule has 0 saturated carbocycles. The molecule has 1 saturated heterocycles. The van der Waals surface area contributed by atoms with Gasteiger partial charge in [0.2, 0.25) is 0 Å². The Morgan fingerprint density at radius 1 is 1.71 bits per heavy atom. The molecule has 1 aromatic rings. The minimum atomic E-state index is 0.0689. The summed E-state index contributed by atoms with van der Waals surface area (Å²) in [5.41, 5.74) is 0.734. The van der Waals surface area contributed by atoms with Crippen molar-refractivity contribution in [2.24, 2.45) is 0 Å². The Bertz CT molecular complexity index is 354. The Balaban J connectivity index is 2.13. The summed E-state index contributed by atoms with van der Waals surface area (Å²) in [7, 11) is 0. The van der Waals surface area contributed by atoms with Gasteiger partial charge in [-0.15, -0.1) is 5.10 Å². The number of hydrogen-bond donors (Lipinski definition) is 0. The van der Waals surface area contributed by atoms with Crippen LogP contribution < -0.4 is 0 Å². The minimum absolute atomic E-state index is 0.0689. The van der Waals surface area contributed by atoms with E-state index < -0.39 is 0 Å². The van der Waals surface area contributed by atoms with Crippen LogP contribution in [0.5, 0.6) is 0 Å². The number of carbonyl (C=O) groups excluding carboxylic acids is 1. The first-order valence-corrected chi connectivity index (χ1v) is 6.09. The number of nitrogens with zero attached hydrogens (tertiary/aromatic N) is 3. The first-order valence-electron chi connectivity index (χ1n) is 4.41. The highest BCUT2D eigenvalue weighted by molar-refractivity contribution is 9.09. The molecule has 0 aromatic carbocycles. The molecule has 76 valence electrons. The third-order valence-electron chi connectivity index (χ3n) is 2.26. The van der Waals surface area contributed by atoms with Crippen LogP contribution in [0.3, 0.4) is 0 Å². The summed E-state index contributed by atoms with van der Waals surface area (Å²) in [5.74, 6) is 0.0689. The van der Waals surface area contributed by atoms with Crippen molar-refractivity contribution in [3.05, 3.63) is 10.6 Å². The molecule has 0 spiro atoms. The monoisotopic (exact) mass is 275 g/mol. The maximum absolute atomic E-state index is 11.9. The maximum atomic E-state index is 11.9. The average molecular weight is 276 g/mol. The van der Waals surface area contributed by atoms with Gasteiger partial charge in [-0.05, 0) is 24.9 Å². The fourth-order valence-corrected chi connectivity index (χ4v) is 2.65. The van der Waals surface area contributed by atoms with E-state index in [9.17, 15) is 4.79 Å². The summed E-state index contributed by atoms with van der Waals surface area (Å²) < 4.78 is 3.77. The fourth-order valence-electron chi connectivity index (χ4n) is 1.47. The lowest BCUT2D eigenvalue weighted by Gasteiger charge is -2.13. The van der Waals surface area contributed by atoms with Crippen LogP contribution in [0, 0.1) is 6.92 Å². The van der Waals surface area contributed by atoms with Gasteiger partial charge in [0.15, 0.2) is 0 Å². The molecule has 2 rings (SSSR count). The van der Waals surface area contributed by atoms with Crippen molar-refractivity contribution in [1.29, 1.82) is 0 Å². The van der Waals surface area contributed by atoms with Gasteiger partial charge in [0.05, 0.1) is 5.69 Å². The van der Waals surface area contributed by atoms with Crippen molar-refractivity contribution in [2.75, 3.05) is 13.1 Å². The number of amides is 1. The Labute approximate surface area is 94.6 Å². The SMILES string of the molecule is Cc1nnsc1C(=O)N1CCC(Br)C1. The van der Waals surface area contributed by atoms with Gasteiger partial charge in [0.25, 0.3) is 5.91 Å². The standard InChI is InChI=1S/C8H10BrN3OS/c1-5-7(14-11-10-5)8(13)12-3-2-6(9)4-12/h6H,2-4H2,1H3. The van der Waals surface area contributed by atoms with Gasteiger partial charge >= 0.3 is 0 Å². The molecule has 0 N–H and O–H groups in total. The van der Waals surface area contributed by atoms with E-state index in [2.05, 4.69) is 25.5 Å². The second kappa shape index (κ2) is 3.94. The Morgan fingerprint density at radius 2 is 2.50 bits per heavy atom. The van der Waals surface area contributed by atoms with Crippen molar-refractivity contribution in [3.63, 3.8) is 0 Å². The Hall–Kier alpha value is -0.490. The summed E-state index contributed by atoms with van der Waals surface area (Å²) in [5, 5.41) is 3.84. The molecule has 1 amide bonds. The largest absolute Gasteiger partial charge is 0.337 e. The van der Waals surface area contributed by atoms with Gasteiger partial charge in [-0.3, -0.25) is 4.79 Å². The molecule has 1 atom stereocenters. The Kier molecular flexibility index (Phi) is 2.83. The summed E-state index contributed by atoms with van der Waals surface area (Å²) in [4.78, 5) is 14.9. The first kappa shape index (κ1) is 10.0. The van der Waals surface area contributed by atoms with Gasteiger partial charge in [-0.2, -0.15) is 0 Å². The van der Waals surface area contributed by atoms with Crippen molar-refractivity contribution < 1.29 is 4.79 Å². The molecule has 1 aliphatic rings. The number of rotatable bonds is 1. The fraction of sp³-hybridized carbons (Fsp3) is 0.625. The molecular weight excluding hydrogens is 266 g/mol. The number of carbonyl (C=O) groups is 1. The lowest BCUT2D eigenvalue weighted by Crippen LogP contribution is -2.28. The quantitative estimate of drug-likeness (QED) is 0.729. The molecule has 14 heavy (non-hydrogen) atoms. The molecule has 2 heterocycles. The molecule has 0 bridgehead atoms. The van der Waals surface area contributed by atoms with E-state index in [1.54, 1.807) is 0 Å². The van der Waals surface area contributed by atoms with Crippen LogP contribution in [0.1, 0.15) is 21.8 Å². The first-order chi connectivity index (χ1) is 6.68. The van der Waals surface area contributed by atoms with Gasteiger partial charge in [0.1, 0.15) is 4.88 Å². The van der Waals surface area contributed by atoms with Crippen molar-refractivity contribution in [2.45, 2.75) is 18.2 Å². The third kappa shape index (κ3) is 1.81. The van der Waals surface area contributed by atoms with Gasteiger partial charge in [0, 0.05) is 17.9 Å². The van der Waals surface area contributed by atoms with E-state index in [1.807, 2.05) is 11.8 Å². The lowest BCUT2D eigenvalue weighted by atomic mass is 10.3. The van der Waals surface area contributed by atoms with Crippen LogP contribution in [0.4, 0.5) is 0 Å². The van der Waals surface area contributed by atoms with Gasteiger partial charge in [-0.1, -0.05) is 20.4 Å². The predicted molar refractivity (Wildman–Crippen MR) is 57.9 cm³/mol. The highest BCUT2D eigenvalue weighted by Crippen LogP contribution is 2.20. The number of halogens is 1. The molecule has 0 radical (unpaired) electrons. The number of aromatic nitrogens is 2. The number of aryl methyl sites for hydroxylation is 1. The van der Waals surface area contributed by atoms with Crippen LogP contribution in [0.25, 0.3) is 0 Å². The van der Waals surface area contributed by atoms with Crippen LogP contribution in [0.15, 0.2) is 0 Å². The van der Waals surface area contributed by atoms with Crippen LogP contribution in [0.2, 0.25) is 0 Å². The van der Waals surface area contributed by atoms with E-state index >= 15 is 0 Å². The van der Waals surface area contributed by atoms with Crippen molar-refractivity contribution >= 4 is 33.4 Å². The average Bonchev–Trinajstić information content (AvgIpc) is 2.73. The molecule has 0 aliphatic carbocycles. The summed E-state index contributed by atoms with van der Waals surface area (Å²) >= 11 is 4.69.